The molecule has 25 heavy (non-hydrogen) atoms. The van der Waals surface area contributed by atoms with Crippen LogP contribution in [0, 0.1) is 12.7 Å². The summed E-state index contributed by atoms with van der Waals surface area (Å²) in [5, 5.41) is 4.36. The molecular weight excluding hydrogens is 317 g/mol. The first kappa shape index (κ1) is 15.9. The van der Waals surface area contributed by atoms with Gasteiger partial charge in [-0.05, 0) is 43.9 Å². The molecule has 3 heterocycles. The first-order valence-electron chi connectivity index (χ1n) is 8.80. The number of aromatic nitrogens is 3. The summed E-state index contributed by atoms with van der Waals surface area (Å²) in [7, 11) is 0. The van der Waals surface area contributed by atoms with Gasteiger partial charge in [-0.25, -0.2) is 4.39 Å². The quantitative estimate of drug-likeness (QED) is 0.745. The van der Waals surface area contributed by atoms with Gasteiger partial charge in [0.2, 0.25) is 5.95 Å². The van der Waals surface area contributed by atoms with Crippen molar-refractivity contribution in [2.75, 3.05) is 29.9 Å². The van der Waals surface area contributed by atoms with Gasteiger partial charge in [-0.2, -0.15) is 9.97 Å². The van der Waals surface area contributed by atoms with Crippen LogP contribution in [0.25, 0.3) is 11.0 Å². The van der Waals surface area contributed by atoms with E-state index >= 15 is 0 Å². The molecule has 0 bridgehead atoms. The number of hydrogen-bond donors (Lipinski definition) is 2. The molecule has 0 unspecified atom stereocenters. The zero-order valence-electron chi connectivity index (χ0n) is 14.3. The summed E-state index contributed by atoms with van der Waals surface area (Å²) >= 11 is 0. The zero-order valence-corrected chi connectivity index (χ0v) is 14.3. The Hall–Kier alpha value is -2.63. The lowest BCUT2D eigenvalue weighted by molar-refractivity contribution is 0.610. The minimum Gasteiger partial charge on any atom is -0.369 e. The fourth-order valence-corrected chi connectivity index (χ4v) is 3.34. The number of halogens is 1. The van der Waals surface area contributed by atoms with Crippen LogP contribution in [0.3, 0.4) is 0 Å². The average molecular weight is 339 g/mol. The Labute approximate surface area is 146 Å². The molecule has 0 radical (unpaired) electrons. The first-order valence-corrected chi connectivity index (χ1v) is 8.80. The lowest BCUT2D eigenvalue weighted by atomic mass is 10.1. The van der Waals surface area contributed by atoms with Crippen molar-refractivity contribution in [1.29, 1.82) is 0 Å². The largest absolute Gasteiger partial charge is 0.369 e. The predicted molar refractivity (Wildman–Crippen MR) is 98.7 cm³/mol. The fraction of sp³-hybridized carbons (Fsp3) is 0.368. The maximum absolute atomic E-state index is 13.8. The van der Waals surface area contributed by atoms with Crippen molar-refractivity contribution in [3.8, 4) is 0 Å². The summed E-state index contributed by atoms with van der Waals surface area (Å²) in [5.41, 5.74) is 2.62. The van der Waals surface area contributed by atoms with Crippen molar-refractivity contribution in [3.05, 3.63) is 47.4 Å². The summed E-state index contributed by atoms with van der Waals surface area (Å²) in [5.74, 6) is 1.42. The number of hydrogen-bond acceptors (Lipinski definition) is 4. The van der Waals surface area contributed by atoms with Crippen LogP contribution in [0.5, 0.6) is 0 Å². The van der Waals surface area contributed by atoms with Crippen LogP contribution < -0.4 is 10.2 Å². The topological polar surface area (TPSA) is 56.8 Å². The Balaban J connectivity index is 1.57. The van der Waals surface area contributed by atoms with Crippen LogP contribution in [-0.2, 0) is 6.42 Å². The molecule has 0 amide bonds. The van der Waals surface area contributed by atoms with Crippen molar-refractivity contribution in [3.63, 3.8) is 0 Å². The molecule has 0 aliphatic carbocycles. The predicted octanol–water partition coefficient (Wildman–Crippen LogP) is 3.66. The first-order chi connectivity index (χ1) is 12.2. The second-order valence-electron chi connectivity index (χ2n) is 6.55. The summed E-state index contributed by atoms with van der Waals surface area (Å²) in [4.78, 5) is 14.9. The summed E-state index contributed by atoms with van der Waals surface area (Å²) in [6.07, 6.45) is 2.98. The standard InChI is InChI=1S/C19H22FN5/c1-13-12-15-17(21-9-8-14-6-2-3-7-16(14)20)23-19(24-18(15)22-13)25-10-4-5-11-25/h2-3,6-7,12H,4-5,8-11H2,1H3,(H2,21,22,23,24). The number of H-pyrrole nitrogens is 1. The van der Waals surface area contributed by atoms with Crippen LogP contribution >= 0.6 is 0 Å². The second-order valence-corrected chi connectivity index (χ2v) is 6.55. The van der Waals surface area contributed by atoms with E-state index in [2.05, 4.69) is 26.3 Å². The van der Waals surface area contributed by atoms with E-state index in [0.717, 1.165) is 41.6 Å². The molecule has 1 fully saturated rings. The fourth-order valence-electron chi connectivity index (χ4n) is 3.34. The number of benzene rings is 1. The van der Waals surface area contributed by atoms with Crippen LogP contribution in [0.2, 0.25) is 0 Å². The Bertz CT molecular complexity index is 883. The molecule has 0 saturated carbocycles. The van der Waals surface area contributed by atoms with Crippen molar-refractivity contribution < 1.29 is 4.39 Å². The van der Waals surface area contributed by atoms with Crippen LogP contribution in [0.4, 0.5) is 16.2 Å². The van der Waals surface area contributed by atoms with Gasteiger partial charge >= 0.3 is 0 Å². The van der Waals surface area contributed by atoms with Crippen molar-refractivity contribution in [2.24, 2.45) is 0 Å². The van der Waals surface area contributed by atoms with Crippen molar-refractivity contribution in [1.82, 2.24) is 15.0 Å². The van der Waals surface area contributed by atoms with Crippen molar-refractivity contribution in [2.45, 2.75) is 26.2 Å². The van der Waals surface area contributed by atoms with E-state index in [1.807, 2.05) is 19.1 Å². The molecule has 6 heteroatoms. The van der Waals surface area contributed by atoms with E-state index in [1.165, 1.54) is 18.9 Å². The van der Waals surface area contributed by atoms with Crippen LogP contribution in [0.15, 0.2) is 30.3 Å². The monoisotopic (exact) mass is 339 g/mol. The second kappa shape index (κ2) is 6.70. The van der Waals surface area contributed by atoms with E-state index in [-0.39, 0.29) is 5.82 Å². The van der Waals surface area contributed by atoms with E-state index < -0.39 is 0 Å². The third-order valence-corrected chi connectivity index (χ3v) is 4.64. The number of nitrogens with zero attached hydrogens (tertiary/aromatic N) is 3. The van der Waals surface area contributed by atoms with Crippen LogP contribution in [-0.4, -0.2) is 34.6 Å². The van der Waals surface area contributed by atoms with Gasteiger partial charge in [-0.1, -0.05) is 18.2 Å². The third-order valence-electron chi connectivity index (χ3n) is 4.64. The minimum absolute atomic E-state index is 0.160. The van der Waals surface area contributed by atoms with E-state index in [0.29, 0.717) is 18.5 Å². The van der Waals surface area contributed by atoms with Crippen molar-refractivity contribution >= 4 is 22.8 Å². The average Bonchev–Trinajstić information content (AvgIpc) is 3.25. The van der Waals surface area contributed by atoms with E-state index in [9.17, 15) is 4.39 Å². The number of anilines is 2. The Kier molecular flexibility index (Phi) is 4.26. The molecule has 0 spiro atoms. The summed E-state index contributed by atoms with van der Waals surface area (Å²) in [6, 6.07) is 8.95. The smallest absolute Gasteiger partial charge is 0.229 e. The number of rotatable bonds is 5. The summed E-state index contributed by atoms with van der Waals surface area (Å²) < 4.78 is 13.8. The van der Waals surface area contributed by atoms with Gasteiger partial charge in [0.15, 0.2) is 0 Å². The Morgan fingerprint density at radius 3 is 2.80 bits per heavy atom. The molecule has 3 aromatic rings. The molecule has 1 aliphatic rings. The molecular formula is C19H22FN5. The summed E-state index contributed by atoms with van der Waals surface area (Å²) in [6.45, 7) is 4.64. The highest BCUT2D eigenvalue weighted by Gasteiger charge is 2.18. The highest BCUT2D eigenvalue weighted by Crippen LogP contribution is 2.26. The Morgan fingerprint density at radius 1 is 1.20 bits per heavy atom. The van der Waals surface area contributed by atoms with Gasteiger partial charge in [0.25, 0.3) is 0 Å². The SMILES string of the molecule is Cc1cc2c(NCCc3ccccc3F)nc(N3CCCC3)nc2[nH]1. The van der Waals surface area contributed by atoms with Gasteiger partial charge in [0.05, 0.1) is 5.39 Å². The molecule has 5 nitrogen and oxygen atoms in total. The van der Waals surface area contributed by atoms with E-state index in [4.69, 9.17) is 4.98 Å². The normalized spacial score (nSPS) is 14.4. The van der Waals surface area contributed by atoms with Gasteiger partial charge in [-0.15, -0.1) is 0 Å². The van der Waals surface area contributed by atoms with Gasteiger partial charge in [0.1, 0.15) is 17.3 Å². The Morgan fingerprint density at radius 2 is 2.00 bits per heavy atom. The van der Waals surface area contributed by atoms with Crippen LogP contribution in [0.1, 0.15) is 24.1 Å². The molecule has 1 aromatic carbocycles. The molecule has 0 atom stereocenters. The van der Waals surface area contributed by atoms with Gasteiger partial charge in [-0.3, -0.25) is 0 Å². The third kappa shape index (κ3) is 3.29. The van der Waals surface area contributed by atoms with Gasteiger partial charge in [0, 0.05) is 25.3 Å². The molecule has 130 valence electrons. The number of aryl methyl sites for hydroxylation is 1. The maximum atomic E-state index is 13.8. The molecule has 1 saturated heterocycles. The highest BCUT2D eigenvalue weighted by atomic mass is 19.1. The van der Waals surface area contributed by atoms with Gasteiger partial charge < -0.3 is 15.2 Å². The number of nitrogens with one attached hydrogen (secondary N) is 2. The molecule has 2 aromatic heterocycles. The number of aromatic amines is 1. The lowest BCUT2D eigenvalue weighted by Gasteiger charge is -2.16. The number of fused-ring (bicyclic) bond motifs is 1. The molecule has 1 aliphatic heterocycles. The molecule has 2 N–H and O–H groups in total. The highest BCUT2D eigenvalue weighted by molar-refractivity contribution is 5.89. The molecule has 4 rings (SSSR count). The zero-order chi connectivity index (χ0) is 17.2. The maximum Gasteiger partial charge on any atom is 0.229 e. The minimum atomic E-state index is -0.160. The lowest BCUT2D eigenvalue weighted by Crippen LogP contribution is -2.21. The van der Waals surface area contributed by atoms with E-state index in [1.54, 1.807) is 6.07 Å².